The zero-order valence-corrected chi connectivity index (χ0v) is 11.5. The highest BCUT2D eigenvalue weighted by Gasteiger charge is 2.10. The summed E-state index contributed by atoms with van der Waals surface area (Å²) in [5, 5.41) is 7.30. The Balaban J connectivity index is 1.98. The zero-order valence-electron chi connectivity index (χ0n) is 11.5. The molecule has 0 aliphatic rings. The van der Waals surface area contributed by atoms with Crippen molar-refractivity contribution in [3.8, 4) is 5.75 Å². The number of methoxy groups -OCH3 is 1. The Morgan fingerprint density at radius 1 is 1.32 bits per heavy atom. The molecular formula is C14H19N3O2. The van der Waals surface area contributed by atoms with Gasteiger partial charge in [-0.25, -0.2) is 0 Å². The normalized spacial score (nSPS) is 12.4. The minimum atomic E-state index is 0.268. The van der Waals surface area contributed by atoms with E-state index in [0.717, 1.165) is 12.2 Å². The van der Waals surface area contributed by atoms with Gasteiger partial charge in [-0.3, -0.25) is 0 Å². The standard InChI is InChI=1S/C14H19N3O2/c1-4-13(11-5-7-12(18-3)8-6-11)15-9-14-16-10(2)19-17-14/h5-8,13,15H,4,9H2,1-3H3. The molecule has 2 aromatic rings. The molecule has 0 saturated heterocycles. The number of aryl methyl sites for hydroxylation is 1. The van der Waals surface area contributed by atoms with E-state index in [4.69, 9.17) is 9.26 Å². The molecule has 0 saturated carbocycles. The molecule has 0 fully saturated rings. The maximum Gasteiger partial charge on any atom is 0.223 e. The fourth-order valence-electron chi connectivity index (χ4n) is 1.96. The summed E-state index contributed by atoms with van der Waals surface area (Å²) in [6.45, 7) is 4.53. The van der Waals surface area contributed by atoms with E-state index in [0.29, 0.717) is 18.3 Å². The van der Waals surface area contributed by atoms with E-state index in [2.05, 4.69) is 34.5 Å². The second-order valence-corrected chi connectivity index (χ2v) is 4.34. The number of rotatable bonds is 6. The van der Waals surface area contributed by atoms with Gasteiger partial charge in [0.1, 0.15) is 5.75 Å². The maximum atomic E-state index is 5.16. The predicted molar refractivity (Wildman–Crippen MR) is 71.9 cm³/mol. The molecule has 1 N–H and O–H groups in total. The average Bonchev–Trinajstić information content (AvgIpc) is 2.86. The molecule has 2 rings (SSSR count). The molecule has 0 amide bonds. The molecule has 5 nitrogen and oxygen atoms in total. The lowest BCUT2D eigenvalue weighted by Crippen LogP contribution is -2.20. The molecule has 0 spiro atoms. The second-order valence-electron chi connectivity index (χ2n) is 4.34. The van der Waals surface area contributed by atoms with Crippen molar-refractivity contribution in [2.45, 2.75) is 32.9 Å². The first kappa shape index (κ1) is 13.5. The fourth-order valence-corrected chi connectivity index (χ4v) is 1.96. The molecule has 1 unspecified atom stereocenters. The molecule has 0 aliphatic heterocycles. The third-order valence-corrected chi connectivity index (χ3v) is 3.00. The van der Waals surface area contributed by atoms with Crippen LogP contribution in [0.15, 0.2) is 28.8 Å². The topological polar surface area (TPSA) is 60.2 Å². The molecule has 0 radical (unpaired) electrons. The summed E-state index contributed by atoms with van der Waals surface area (Å²) >= 11 is 0. The zero-order chi connectivity index (χ0) is 13.7. The Kier molecular flexibility index (Phi) is 4.52. The fraction of sp³-hybridized carbons (Fsp3) is 0.429. The maximum absolute atomic E-state index is 5.16. The first-order chi connectivity index (χ1) is 9.22. The van der Waals surface area contributed by atoms with Gasteiger partial charge in [0.05, 0.1) is 13.7 Å². The van der Waals surface area contributed by atoms with Gasteiger partial charge in [0.2, 0.25) is 5.89 Å². The summed E-state index contributed by atoms with van der Waals surface area (Å²) in [5.41, 5.74) is 1.23. The summed E-state index contributed by atoms with van der Waals surface area (Å²) in [6.07, 6.45) is 0.989. The van der Waals surface area contributed by atoms with Crippen molar-refractivity contribution >= 4 is 0 Å². The van der Waals surface area contributed by atoms with Crippen molar-refractivity contribution in [1.29, 1.82) is 0 Å². The van der Waals surface area contributed by atoms with Gasteiger partial charge < -0.3 is 14.6 Å². The Morgan fingerprint density at radius 3 is 2.58 bits per heavy atom. The van der Waals surface area contributed by atoms with Crippen molar-refractivity contribution in [2.24, 2.45) is 0 Å². The van der Waals surface area contributed by atoms with Crippen molar-refractivity contribution in [3.63, 3.8) is 0 Å². The van der Waals surface area contributed by atoms with Crippen molar-refractivity contribution in [1.82, 2.24) is 15.5 Å². The van der Waals surface area contributed by atoms with Crippen LogP contribution in [0.5, 0.6) is 5.75 Å². The van der Waals surface area contributed by atoms with Crippen LogP contribution < -0.4 is 10.1 Å². The minimum absolute atomic E-state index is 0.268. The van der Waals surface area contributed by atoms with Gasteiger partial charge in [-0.1, -0.05) is 24.2 Å². The van der Waals surface area contributed by atoms with E-state index in [1.54, 1.807) is 14.0 Å². The molecular weight excluding hydrogens is 242 g/mol. The van der Waals surface area contributed by atoms with Gasteiger partial charge in [-0.05, 0) is 24.1 Å². The predicted octanol–water partition coefficient (Wildman–Crippen LogP) is 2.63. The summed E-state index contributed by atoms with van der Waals surface area (Å²) in [6, 6.07) is 8.35. The van der Waals surface area contributed by atoms with Crippen LogP contribution in [0.1, 0.15) is 36.7 Å². The highest BCUT2D eigenvalue weighted by Crippen LogP contribution is 2.20. The highest BCUT2D eigenvalue weighted by molar-refractivity contribution is 5.29. The monoisotopic (exact) mass is 261 g/mol. The smallest absolute Gasteiger partial charge is 0.223 e. The van der Waals surface area contributed by atoms with Crippen LogP contribution in [-0.4, -0.2) is 17.3 Å². The van der Waals surface area contributed by atoms with Gasteiger partial charge in [0.15, 0.2) is 5.82 Å². The van der Waals surface area contributed by atoms with E-state index in [1.807, 2.05) is 12.1 Å². The number of nitrogens with one attached hydrogen (secondary N) is 1. The van der Waals surface area contributed by atoms with Gasteiger partial charge in [-0.15, -0.1) is 0 Å². The van der Waals surface area contributed by atoms with Crippen LogP contribution in [0.4, 0.5) is 0 Å². The lowest BCUT2D eigenvalue weighted by atomic mass is 10.0. The first-order valence-corrected chi connectivity index (χ1v) is 6.39. The van der Waals surface area contributed by atoms with E-state index in [-0.39, 0.29) is 6.04 Å². The number of hydrogen-bond acceptors (Lipinski definition) is 5. The number of hydrogen-bond donors (Lipinski definition) is 1. The van der Waals surface area contributed by atoms with Crippen LogP contribution in [0.3, 0.4) is 0 Å². The molecule has 0 aliphatic carbocycles. The van der Waals surface area contributed by atoms with Crippen molar-refractivity contribution < 1.29 is 9.26 Å². The summed E-state index contributed by atoms with van der Waals surface area (Å²) in [5.74, 6) is 2.14. The Morgan fingerprint density at radius 2 is 2.05 bits per heavy atom. The van der Waals surface area contributed by atoms with E-state index in [9.17, 15) is 0 Å². The molecule has 5 heteroatoms. The Labute approximate surface area is 113 Å². The van der Waals surface area contributed by atoms with E-state index in [1.165, 1.54) is 5.56 Å². The van der Waals surface area contributed by atoms with Gasteiger partial charge in [0.25, 0.3) is 0 Å². The first-order valence-electron chi connectivity index (χ1n) is 6.39. The third kappa shape index (κ3) is 3.54. The lowest BCUT2D eigenvalue weighted by molar-refractivity contribution is 0.382. The number of aromatic nitrogens is 2. The molecule has 1 aromatic carbocycles. The average molecular weight is 261 g/mol. The van der Waals surface area contributed by atoms with E-state index >= 15 is 0 Å². The van der Waals surface area contributed by atoms with Gasteiger partial charge >= 0.3 is 0 Å². The summed E-state index contributed by atoms with van der Waals surface area (Å²) < 4.78 is 10.1. The van der Waals surface area contributed by atoms with Crippen LogP contribution in [0.25, 0.3) is 0 Å². The molecule has 1 heterocycles. The highest BCUT2D eigenvalue weighted by atomic mass is 16.5. The number of nitrogens with zero attached hydrogens (tertiary/aromatic N) is 2. The van der Waals surface area contributed by atoms with Crippen LogP contribution in [-0.2, 0) is 6.54 Å². The summed E-state index contributed by atoms with van der Waals surface area (Å²) in [4.78, 5) is 4.18. The number of ether oxygens (including phenoxy) is 1. The third-order valence-electron chi connectivity index (χ3n) is 3.00. The molecule has 19 heavy (non-hydrogen) atoms. The second kappa shape index (κ2) is 6.33. The molecule has 0 bridgehead atoms. The largest absolute Gasteiger partial charge is 0.497 e. The quantitative estimate of drug-likeness (QED) is 0.866. The molecule has 1 aromatic heterocycles. The minimum Gasteiger partial charge on any atom is -0.497 e. The van der Waals surface area contributed by atoms with E-state index < -0.39 is 0 Å². The van der Waals surface area contributed by atoms with Crippen LogP contribution >= 0.6 is 0 Å². The number of benzene rings is 1. The Bertz CT molecular complexity index is 508. The van der Waals surface area contributed by atoms with Crippen LogP contribution in [0, 0.1) is 6.92 Å². The molecule has 102 valence electrons. The van der Waals surface area contributed by atoms with Crippen molar-refractivity contribution in [2.75, 3.05) is 7.11 Å². The summed E-state index contributed by atoms with van der Waals surface area (Å²) in [7, 11) is 1.67. The van der Waals surface area contributed by atoms with Gasteiger partial charge in [0, 0.05) is 13.0 Å². The van der Waals surface area contributed by atoms with Gasteiger partial charge in [-0.2, -0.15) is 4.98 Å². The van der Waals surface area contributed by atoms with Crippen molar-refractivity contribution in [3.05, 3.63) is 41.5 Å². The molecule has 1 atom stereocenters. The lowest BCUT2D eigenvalue weighted by Gasteiger charge is -2.16. The Hall–Kier alpha value is -1.88. The SMILES string of the molecule is CCC(NCc1noc(C)n1)c1ccc(OC)cc1. The van der Waals surface area contributed by atoms with Crippen LogP contribution in [0.2, 0.25) is 0 Å².